The quantitative estimate of drug-likeness (QED) is 0.337. The molecule has 24 heavy (non-hydrogen) atoms. The van der Waals surface area contributed by atoms with E-state index in [0.717, 1.165) is 10.9 Å². The predicted octanol–water partition coefficient (Wildman–Crippen LogP) is 3.09. The van der Waals surface area contributed by atoms with Gasteiger partial charge in [0.15, 0.2) is 6.61 Å². The van der Waals surface area contributed by atoms with Gasteiger partial charge in [0.1, 0.15) is 17.4 Å². The third kappa shape index (κ3) is 3.10. The average molecular weight is 320 g/mol. The number of furan rings is 1. The Morgan fingerprint density at radius 3 is 2.83 bits per heavy atom. The van der Waals surface area contributed by atoms with E-state index in [2.05, 4.69) is 4.98 Å². The lowest BCUT2D eigenvalue weighted by Gasteiger charge is -2.02. The number of benzene rings is 1. The van der Waals surface area contributed by atoms with Gasteiger partial charge >= 0.3 is 5.97 Å². The van der Waals surface area contributed by atoms with Gasteiger partial charge < -0.3 is 14.1 Å². The molecule has 3 aromatic rings. The van der Waals surface area contributed by atoms with Gasteiger partial charge in [-0.3, -0.25) is 4.79 Å². The van der Waals surface area contributed by atoms with Gasteiger partial charge in [0.05, 0.1) is 6.26 Å². The van der Waals surface area contributed by atoms with Crippen LogP contribution in [0.2, 0.25) is 0 Å². The molecule has 0 aliphatic heterocycles. The highest BCUT2D eigenvalue weighted by Gasteiger charge is 2.17. The molecule has 0 bridgehead atoms. The highest BCUT2D eigenvalue weighted by molar-refractivity contribution is 6.09. The summed E-state index contributed by atoms with van der Waals surface area (Å²) in [6, 6.07) is 12.3. The van der Waals surface area contributed by atoms with E-state index < -0.39 is 12.6 Å². The topological polar surface area (TPSA) is 96.1 Å². The van der Waals surface area contributed by atoms with Gasteiger partial charge in [-0.15, -0.1) is 0 Å². The Morgan fingerprint density at radius 2 is 2.08 bits per heavy atom. The summed E-state index contributed by atoms with van der Waals surface area (Å²) < 4.78 is 9.99. The Hall–Kier alpha value is -3.59. The number of carbonyl (C=O) groups excluding carboxylic acids is 2. The number of rotatable bonds is 5. The third-order valence-electron chi connectivity index (χ3n) is 3.39. The molecule has 6 heteroatoms. The lowest BCUT2D eigenvalue weighted by Crippen LogP contribution is -2.15. The number of hydrogen-bond donors (Lipinski definition) is 1. The molecular weight excluding hydrogens is 308 g/mol. The summed E-state index contributed by atoms with van der Waals surface area (Å²) in [5, 5.41) is 9.79. The van der Waals surface area contributed by atoms with Crippen molar-refractivity contribution in [1.29, 1.82) is 5.26 Å². The third-order valence-corrected chi connectivity index (χ3v) is 3.39. The molecule has 0 saturated heterocycles. The van der Waals surface area contributed by atoms with Crippen molar-refractivity contribution in [3.05, 3.63) is 65.8 Å². The van der Waals surface area contributed by atoms with Gasteiger partial charge in [-0.2, -0.15) is 5.26 Å². The summed E-state index contributed by atoms with van der Waals surface area (Å²) in [6.45, 7) is -0.447. The number of nitrogens with one attached hydrogen (secondary N) is 1. The molecule has 1 N–H and O–H groups in total. The number of fused-ring (bicyclic) bond motifs is 1. The maximum absolute atomic E-state index is 12.2. The highest BCUT2D eigenvalue weighted by Crippen LogP contribution is 2.18. The van der Waals surface area contributed by atoms with E-state index >= 15 is 0 Å². The van der Waals surface area contributed by atoms with Gasteiger partial charge in [-0.1, -0.05) is 18.2 Å². The molecule has 1 aromatic carbocycles. The minimum absolute atomic E-state index is 0.239. The van der Waals surface area contributed by atoms with Crippen molar-refractivity contribution in [3.63, 3.8) is 0 Å². The zero-order valence-electron chi connectivity index (χ0n) is 12.5. The Kier molecular flexibility index (Phi) is 4.25. The molecule has 0 fully saturated rings. The lowest BCUT2D eigenvalue weighted by molar-refractivity contribution is -0.137. The Labute approximate surface area is 137 Å². The number of aromatic nitrogens is 1. The second-order valence-electron chi connectivity index (χ2n) is 4.93. The molecule has 0 spiro atoms. The van der Waals surface area contributed by atoms with Crippen molar-refractivity contribution >= 4 is 28.7 Å². The molecule has 2 aromatic heterocycles. The molecule has 0 amide bonds. The van der Waals surface area contributed by atoms with E-state index in [1.807, 2.05) is 18.2 Å². The maximum atomic E-state index is 12.2. The molecule has 2 heterocycles. The van der Waals surface area contributed by atoms with Crippen LogP contribution in [-0.2, 0) is 9.53 Å². The summed E-state index contributed by atoms with van der Waals surface area (Å²) in [4.78, 5) is 27.1. The Balaban J connectivity index is 1.70. The summed E-state index contributed by atoms with van der Waals surface area (Å²) in [6.07, 6.45) is 4.26. The summed E-state index contributed by atoms with van der Waals surface area (Å²) in [7, 11) is 0. The normalized spacial score (nSPS) is 11.2. The number of nitrogens with zero attached hydrogens (tertiary/aromatic N) is 1. The van der Waals surface area contributed by atoms with Gasteiger partial charge in [0.25, 0.3) is 0 Å². The molecular formula is C18H12N2O4. The van der Waals surface area contributed by atoms with E-state index in [4.69, 9.17) is 14.4 Å². The number of hydrogen-bond acceptors (Lipinski definition) is 5. The largest absolute Gasteiger partial charge is 0.465 e. The number of ether oxygens (including phenoxy) is 1. The van der Waals surface area contributed by atoms with Crippen LogP contribution < -0.4 is 0 Å². The first-order valence-electron chi connectivity index (χ1n) is 7.11. The number of nitriles is 1. The van der Waals surface area contributed by atoms with Crippen molar-refractivity contribution in [2.75, 3.05) is 6.61 Å². The maximum Gasteiger partial charge on any atom is 0.349 e. The number of esters is 1. The molecule has 0 saturated carbocycles. The second kappa shape index (κ2) is 6.67. The van der Waals surface area contributed by atoms with Crippen LogP contribution in [0.5, 0.6) is 0 Å². The Bertz CT molecular complexity index is 958. The van der Waals surface area contributed by atoms with Crippen molar-refractivity contribution in [2.24, 2.45) is 0 Å². The lowest BCUT2D eigenvalue weighted by atomic mass is 10.1. The number of H-pyrrole nitrogens is 1. The van der Waals surface area contributed by atoms with E-state index in [1.165, 1.54) is 12.3 Å². The van der Waals surface area contributed by atoms with Crippen LogP contribution >= 0.6 is 0 Å². The second-order valence-corrected chi connectivity index (χ2v) is 4.93. The SMILES string of the molecule is N#C/C(=C\c1ccco1)C(=O)OCC(=O)c1c[nH]c2ccccc12. The fraction of sp³-hybridized carbons (Fsp3) is 0.0556. The fourth-order valence-corrected chi connectivity index (χ4v) is 2.24. The van der Waals surface area contributed by atoms with E-state index in [1.54, 1.807) is 30.5 Å². The summed E-state index contributed by atoms with van der Waals surface area (Å²) >= 11 is 0. The zero-order chi connectivity index (χ0) is 16.9. The first-order valence-corrected chi connectivity index (χ1v) is 7.11. The standard InChI is InChI=1S/C18H12N2O4/c19-9-12(8-13-4-3-7-23-13)18(22)24-11-17(21)15-10-20-16-6-2-1-5-14(15)16/h1-8,10,20H,11H2/b12-8+. The van der Waals surface area contributed by atoms with Crippen LogP contribution in [0.25, 0.3) is 17.0 Å². The first kappa shape index (κ1) is 15.3. The molecule has 0 aliphatic rings. The summed E-state index contributed by atoms with van der Waals surface area (Å²) in [5.74, 6) is -0.871. The molecule has 0 unspecified atom stereocenters. The van der Waals surface area contributed by atoms with Crippen LogP contribution in [0.1, 0.15) is 16.1 Å². The van der Waals surface area contributed by atoms with Crippen molar-refractivity contribution in [1.82, 2.24) is 4.98 Å². The van der Waals surface area contributed by atoms with Gasteiger partial charge in [-0.25, -0.2) is 4.79 Å². The molecule has 0 aliphatic carbocycles. The van der Waals surface area contributed by atoms with Crippen molar-refractivity contribution < 1.29 is 18.7 Å². The van der Waals surface area contributed by atoms with Gasteiger partial charge in [-0.05, 0) is 18.2 Å². The number of ketones is 1. The van der Waals surface area contributed by atoms with Gasteiger partial charge in [0, 0.05) is 28.7 Å². The van der Waals surface area contributed by atoms with E-state index in [-0.39, 0.29) is 11.4 Å². The number of para-hydroxylation sites is 1. The first-order chi connectivity index (χ1) is 11.7. The fourth-order valence-electron chi connectivity index (χ4n) is 2.24. The molecule has 3 rings (SSSR count). The van der Waals surface area contributed by atoms with Crippen LogP contribution in [0.4, 0.5) is 0 Å². The molecule has 0 radical (unpaired) electrons. The molecule has 118 valence electrons. The minimum Gasteiger partial charge on any atom is -0.465 e. The van der Waals surface area contributed by atoms with Crippen LogP contribution in [-0.4, -0.2) is 23.3 Å². The highest BCUT2D eigenvalue weighted by atomic mass is 16.5. The zero-order valence-corrected chi connectivity index (χ0v) is 12.5. The van der Waals surface area contributed by atoms with E-state index in [0.29, 0.717) is 11.3 Å². The number of aromatic amines is 1. The minimum atomic E-state index is -0.873. The number of Topliss-reactive ketones (excluding diaryl/α,β-unsaturated/α-hetero) is 1. The van der Waals surface area contributed by atoms with Crippen LogP contribution in [0.15, 0.2) is 58.8 Å². The Morgan fingerprint density at radius 1 is 1.25 bits per heavy atom. The smallest absolute Gasteiger partial charge is 0.349 e. The van der Waals surface area contributed by atoms with Crippen LogP contribution in [0, 0.1) is 11.3 Å². The van der Waals surface area contributed by atoms with E-state index in [9.17, 15) is 9.59 Å². The van der Waals surface area contributed by atoms with Crippen LogP contribution in [0.3, 0.4) is 0 Å². The monoisotopic (exact) mass is 320 g/mol. The number of carbonyl (C=O) groups is 2. The average Bonchev–Trinajstić information content (AvgIpc) is 3.26. The van der Waals surface area contributed by atoms with Crippen molar-refractivity contribution in [2.45, 2.75) is 0 Å². The molecule has 0 atom stereocenters. The summed E-state index contributed by atoms with van der Waals surface area (Å²) in [5.41, 5.74) is 1.02. The predicted molar refractivity (Wildman–Crippen MR) is 85.9 cm³/mol. The van der Waals surface area contributed by atoms with Gasteiger partial charge in [0.2, 0.25) is 5.78 Å². The van der Waals surface area contributed by atoms with Crippen molar-refractivity contribution in [3.8, 4) is 6.07 Å². The molecule has 6 nitrogen and oxygen atoms in total.